The van der Waals surface area contributed by atoms with Crippen LogP contribution in [-0.2, 0) is 22.1 Å². The molecule has 2 aromatic rings. The number of carbonyl (C=O) groups is 1. The highest BCUT2D eigenvalue weighted by Gasteiger charge is 2.31. The summed E-state index contributed by atoms with van der Waals surface area (Å²) in [5, 5.41) is 13.0. The van der Waals surface area contributed by atoms with Crippen molar-refractivity contribution in [2.75, 3.05) is 12.8 Å². The fourth-order valence-corrected chi connectivity index (χ4v) is 2.46. The molecule has 1 aromatic carbocycles. The van der Waals surface area contributed by atoms with Gasteiger partial charge in [0.25, 0.3) is 0 Å². The number of nitrogens with zero attached hydrogens (tertiary/aromatic N) is 3. The van der Waals surface area contributed by atoms with Crippen LogP contribution in [0.2, 0.25) is 5.02 Å². The van der Waals surface area contributed by atoms with Crippen LogP contribution in [0.5, 0.6) is 0 Å². The van der Waals surface area contributed by atoms with Gasteiger partial charge in [-0.2, -0.15) is 18.4 Å². The number of nitriles is 1. The van der Waals surface area contributed by atoms with Gasteiger partial charge >= 0.3 is 12.1 Å². The Morgan fingerprint density at radius 3 is 2.68 bits per heavy atom. The molecule has 10 heteroatoms. The highest BCUT2D eigenvalue weighted by Crippen LogP contribution is 2.34. The van der Waals surface area contributed by atoms with Crippen molar-refractivity contribution >= 4 is 23.4 Å². The van der Waals surface area contributed by atoms with Crippen molar-refractivity contribution in [2.45, 2.75) is 19.0 Å². The number of methoxy groups -OCH3 is 1. The number of aromatic nitrogens is 2. The first kappa shape index (κ1) is 18.6. The lowest BCUT2D eigenvalue weighted by Crippen LogP contribution is -2.10. The summed E-state index contributed by atoms with van der Waals surface area (Å²) in [7, 11) is 1.21. The molecule has 0 aliphatic rings. The number of benzene rings is 1. The van der Waals surface area contributed by atoms with E-state index < -0.39 is 17.7 Å². The number of nitrogen functional groups attached to an aromatic ring is 1. The Kier molecular flexibility index (Phi) is 5.23. The molecule has 2 N–H and O–H groups in total. The van der Waals surface area contributed by atoms with Gasteiger partial charge in [0.2, 0.25) is 0 Å². The van der Waals surface area contributed by atoms with E-state index in [1.807, 2.05) is 6.07 Å². The lowest BCUT2D eigenvalue weighted by atomic mass is 10.1. The maximum atomic E-state index is 12.8. The maximum Gasteiger partial charge on any atom is 0.416 e. The van der Waals surface area contributed by atoms with Gasteiger partial charge in [0.05, 0.1) is 35.5 Å². The minimum atomic E-state index is -4.54. The van der Waals surface area contributed by atoms with E-state index >= 15 is 0 Å². The molecule has 0 unspecified atom stereocenters. The number of hydrogen-bond donors (Lipinski definition) is 1. The molecular formula is C15H12ClF3N4O2. The van der Waals surface area contributed by atoms with E-state index in [1.54, 1.807) is 0 Å². The van der Waals surface area contributed by atoms with Crippen molar-refractivity contribution in [3.63, 3.8) is 0 Å². The molecule has 0 spiro atoms. The Morgan fingerprint density at radius 2 is 2.16 bits per heavy atom. The van der Waals surface area contributed by atoms with E-state index in [-0.39, 0.29) is 40.6 Å². The van der Waals surface area contributed by atoms with Crippen LogP contribution in [0.4, 0.5) is 19.0 Å². The Bertz CT molecular complexity index is 856. The van der Waals surface area contributed by atoms with Gasteiger partial charge in [-0.05, 0) is 18.2 Å². The van der Waals surface area contributed by atoms with Gasteiger partial charge in [-0.3, -0.25) is 4.79 Å². The topological polar surface area (TPSA) is 93.9 Å². The molecule has 6 nitrogen and oxygen atoms in total. The third-order valence-corrected chi connectivity index (χ3v) is 3.72. The summed E-state index contributed by atoms with van der Waals surface area (Å²) in [6.45, 7) is 0. The van der Waals surface area contributed by atoms with Crippen LogP contribution in [-0.4, -0.2) is 22.9 Å². The summed E-state index contributed by atoms with van der Waals surface area (Å²) in [5.41, 5.74) is 5.16. The van der Waals surface area contributed by atoms with Crippen LogP contribution in [0.1, 0.15) is 23.2 Å². The van der Waals surface area contributed by atoms with Crippen LogP contribution >= 0.6 is 11.6 Å². The van der Waals surface area contributed by atoms with Gasteiger partial charge in [-0.25, -0.2) is 4.68 Å². The fourth-order valence-electron chi connectivity index (χ4n) is 2.20. The molecule has 0 aliphatic heterocycles. The van der Waals surface area contributed by atoms with E-state index in [0.717, 1.165) is 18.2 Å². The number of esters is 1. The van der Waals surface area contributed by atoms with E-state index in [1.165, 1.54) is 11.8 Å². The summed E-state index contributed by atoms with van der Waals surface area (Å²) in [6.07, 6.45) is -4.55. The summed E-state index contributed by atoms with van der Waals surface area (Å²) in [6, 6.07) is 4.59. The van der Waals surface area contributed by atoms with E-state index in [0.29, 0.717) is 0 Å². The van der Waals surface area contributed by atoms with E-state index in [4.69, 9.17) is 17.3 Å². The monoisotopic (exact) mass is 372 g/mol. The third kappa shape index (κ3) is 3.85. The molecule has 2 rings (SSSR count). The van der Waals surface area contributed by atoms with Gasteiger partial charge in [-0.1, -0.05) is 11.6 Å². The first-order valence-electron chi connectivity index (χ1n) is 6.90. The largest absolute Gasteiger partial charge is 0.469 e. The van der Waals surface area contributed by atoms with Crippen molar-refractivity contribution in [3.05, 3.63) is 40.0 Å². The summed E-state index contributed by atoms with van der Waals surface area (Å²) in [5.74, 6) is -0.632. The number of hydrogen-bond acceptors (Lipinski definition) is 5. The number of rotatable bonds is 4. The average molecular weight is 373 g/mol. The lowest BCUT2D eigenvalue weighted by Gasteiger charge is -2.12. The average Bonchev–Trinajstić information content (AvgIpc) is 2.86. The molecule has 25 heavy (non-hydrogen) atoms. The zero-order valence-corrected chi connectivity index (χ0v) is 13.6. The van der Waals surface area contributed by atoms with Crippen molar-refractivity contribution in [1.29, 1.82) is 5.26 Å². The smallest absolute Gasteiger partial charge is 0.416 e. The summed E-state index contributed by atoms with van der Waals surface area (Å²) < 4.78 is 44.0. The zero-order chi connectivity index (χ0) is 18.8. The second-order valence-corrected chi connectivity index (χ2v) is 5.38. The van der Waals surface area contributed by atoms with Crippen LogP contribution < -0.4 is 5.73 Å². The number of alkyl halides is 3. The van der Waals surface area contributed by atoms with E-state index in [9.17, 15) is 23.2 Å². The van der Waals surface area contributed by atoms with E-state index in [2.05, 4.69) is 9.84 Å². The standard InChI is InChI=1S/C15H12ClF3N4O2/c1-25-13(24)5-4-11-9(7-20)14(21)22-23(11)12-3-2-8(6-10(12)16)15(17,18)19/h2-3,6H,4-5H2,1H3,(H2,21,22). The summed E-state index contributed by atoms with van der Waals surface area (Å²) >= 11 is 5.96. The number of carbonyl (C=O) groups excluding carboxylic acids is 1. The Labute approximate surface area is 145 Å². The fraction of sp³-hybridized carbons (Fsp3) is 0.267. The molecule has 0 atom stereocenters. The van der Waals surface area contributed by atoms with Crippen molar-refractivity contribution < 1.29 is 22.7 Å². The molecule has 0 saturated heterocycles. The molecular weight excluding hydrogens is 361 g/mol. The van der Waals surface area contributed by atoms with Gasteiger partial charge in [0, 0.05) is 6.42 Å². The van der Waals surface area contributed by atoms with Crippen LogP contribution in [0.25, 0.3) is 5.69 Å². The number of nitrogens with two attached hydrogens (primary N) is 1. The van der Waals surface area contributed by atoms with Crippen LogP contribution in [0, 0.1) is 11.3 Å². The molecule has 1 heterocycles. The quantitative estimate of drug-likeness (QED) is 0.832. The molecule has 0 aliphatic carbocycles. The third-order valence-electron chi connectivity index (χ3n) is 3.42. The van der Waals surface area contributed by atoms with Crippen molar-refractivity contribution in [2.24, 2.45) is 0 Å². The van der Waals surface area contributed by atoms with Crippen molar-refractivity contribution in [1.82, 2.24) is 9.78 Å². The predicted octanol–water partition coefficient (Wildman–Crippen LogP) is 3.10. The van der Waals surface area contributed by atoms with Gasteiger partial charge < -0.3 is 10.5 Å². The lowest BCUT2D eigenvalue weighted by molar-refractivity contribution is -0.140. The Hall–Kier alpha value is -2.73. The SMILES string of the molecule is COC(=O)CCc1c(C#N)c(N)nn1-c1ccc(C(F)(F)F)cc1Cl. The number of halogens is 4. The minimum absolute atomic E-state index is 0.0277. The first-order valence-corrected chi connectivity index (χ1v) is 7.28. The molecule has 132 valence electrons. The predicted molar refractivity (Wildman–Crippen MR) is 83.0 cm³/mol. The van der Waals surface area contributed by atoms with Crippen molar-refractivity contribution in [3.8, 4) is 11.8 Å². The van der Waals surface area contributed by atoms with Crippen LogP contribution in [0.3, 0.4) is 0 Å². The van der Waals surface area contributed by atoms with Gasteiger partial charge in [-0.15, -0.1) is 5.10 Å². The molecule has 0 saturated carbocycles. The summed E-state index contributed by atoms with van der Waals surface area (Å²) in [4.78, 5) is 11.3. The highest BCUT2D eigenvalue weighted by atomic mass is 35.5. The molecule has 0 bridgehead atoms. The Balaban J connectivity index is 2.52. The van der Waals surface area contributed by atoms with Gasteiger partial charge in [0.15, 0.2) is 5.82 Å². The Morgan fingerprint density at radius 1 is 1.48 bits per heavy atom. The molecule has 0 fully saturated rings. The van der Waals surface area contributed by atoms with Gasteiger partial charge in [0.1, 0.15) is 11.6 Å². The maximum absolute atomic E-state index is 12.8. The molecule has 0 amide bonds. The molecule has 1 aromatic heterocycles. The van der Waals surface area contributed by atoms with Crippen LogP contribution in [0.15, 0.2) is 18.2 Å². The zero-order valence-electron chi connectivity index (χ0n) is 12.9. The first-order chi connectivity index (χ1) is 11.7. The minimum Gasteiger partial charge on any atom is -0.469 e. The second-order valence-electron chi connectivity index (χ2n) is 4.97. The molecule has 0 radical (unpaired) electrons. The normalized spacial score (nSPS) is 11.2. The number of anilines is 1. The number of ether oxygens (including phenoxy) is 1. The highest BCUT2D eigenvalue weighted by molar-refractivity contribution is 6.32. The second kappa shape index (κ2) is 7.03.